The van der Waals surface area contributed by atoms with Gasteiger partial charge in [-0.1, -0.05) is 42.8 Å². The van der Waals surface area contributed by atoms with E-state index in [1.54, 1.807) is 36.4 Å². The first-order valence-corrected chi connectivity index (χ1v) is 14.7. The molecule has 1 saturated heterocycles. The van der Waals surface area contributed by atoms with Crippen LogP contribution in [0.15, 0.2) is 70.7 Å². The summed E-state index contributed by atoms with van der Waals surface area (Å²) >= 11 is 6.25. The molecule has 0 saturated carbocycles. The van der Waals surface area contributed by atoms with Crippen molar-refractivity contribution in [1.29, 1.82) is 0 Å². The monoisotopic (exact) mass is 550 g/mol. The Morgan fingerprint density at radius 2 is 1.67 bits per heavy atom. The Bertz CT molecular complexity index is 1410. The van der Waals surface area contributed by atoms with E-state index in [4.69, 9.17) is 16.3 Å². The van der Waals surface area contributed by atoms with Crippen LogP contribution < -0.4 is 9.04 Å². The number of halogens is 1. The molecule has 1 fully saturated rings. The smallest absolute Gasteiger partial charge is 0.267 e. The molecule has 36 heavy (non-hydrogen) atoms. The number of piperidine rings is 1. The Kier molecular flexibility index (Phi) is 7.84. The van der Waals surface area contributed by atoms with Crippen LogP contribution in [0.2, 0.25) is 5.02 Å². The van der Waals surface area contributed by atoms with Gasteiger partial charge in [0.2, 0.25) is 15.9 Å². The molecule has 0 unspecified atom stereocenters. The van der Waals surface area contributed by atoms with Crippen molar-refractivity contribution in [1.82, 2.24) is 14.3 Å². The Morgan fingerprint density at radius 3 is 2.22 bits per heavy atom. The molecule has 2 aromatic carbocycles. The summed E-state index contributed by atoms with van der Waals surface area (Å²) < 4.78 is 61.6. The molecule has 9 nitrogen and oxygen atoms in total. The van der Waals surface area contributed by atoms with Gasteiger partial charge in [0.05, 0.1) is 29.4 Å². The zero-order chi connectivity index (χ0) is 25.9. The highest BCUT2D eigenvalue weighted by molar-refractivity contribution is 7.93. The van der Waals surface area contributed by atoms with Gasteiger partial charge in [0.15, 0.2) is 5.82 Å². The third-order valence-corrected chi connectivity index (χ3v) is 10.4. The molecular weight excluding hydrogens is 524 g/mol. The van der Waals surface area contributed by atoms with Crippen molar-refractivity contribution in [3.8, 4) is 5.88 Å². The number of methoxy groups -OCH3 is 1. The lowest BCUT2D eigenvalue weighted by molar-refractivity contribution is 0.320. The number of aryl methyl sites for hydroxylation is 1. The largest absolute Gasteiger partial charge is 0.480 e. The predicted molar refractivity (Wildman–Crippen MR) is 137 cm³/mol. The van der Waals surface area contributed by atoms with E-state index in [0.29, 0.717) is 0 Å². The van der Waals surface area contributed by atoms with Crippen molar-refractivity contribution in [3.63, 3.8) is 0 Å². The Balaban J connectivity index is 1.63. The fourth-order valence-electron chi connectivity index (χ4n) is 4.16. The number of hydrogen-bond acceptors (Lipinski definition) is 7. The van der Waals surface area contributed by atoms with Crippen molar-refractivity contribution in [2.24, 2.45) is 0 Å². The lowest BCUT2D eigenvalue weighted by Gasteiger charge is -2.37. The second kappa shape index (κ2) is 10.7. The predicted octanol–water partition coefficient (Wildman–Crippen LogP) is 3.75. The van der Waals surface area contributed by atoms with E-state index in [0.717, 1.165) is 12.0 Å². The van der Waals surface area contributed by atoms with E-state index in [1.165, 1.54) is 40.2 Å². The SMILES string of the molecule is CCc1ccc(S(=O)(=O)N2CCC(N(c3cnc(OC)cn3)S(=O)(=O)c3ccccc3Cl)CC2)cc1. The van der Waals surface area contributed by atoms with Gasteiger partial charge < -0.3 is 4.74 Å². The number of rotatable bonds is 8. The normalized spacial score (nSPS) is 15.5. The average Bonchev–Trinajstić information content (AvgIpc) is 2.89. The summed E-state index contributed by atoms with van der Waals surface area (Å²) in [4.78, 5) is 8.54. The molecule has 3 aromatic rings. The van der Waals surface area contributed by atoms with E-state index < -0.39 is 26.1 Å². The molecule has 1 aliphatic heterocycles. The maximum Gasteiger partial charge on any atom is 0.267 e. The third-order valence-electron chi connectivity index (χ3n) is 6.15. The highest BCUT2D eigenvalue weighted by Crippen LogP contribution is 2.33. The summed E-state index contributed by atoms with van der Waals surface area (Å²) in [6.07, 6.45) is 4.01. The van der Waals surface area contributed by atoms with Gasteiger partial charge in [-0.2, -0.15) is 4.31 Å². The van der Waals surface area contributed by atoms with Crippen LogP contribution in [0, 0.1) is 0 Å². The second-order valence-electron chi connectivity index (χ2n) is 8.28. The van der Waals surface area contributed by atoms with Crippen molar-refractivity contribution < 1.29 is 21.6 Å². The Hall–Kier alpha value is -2.73. The summed E-state index contributed by atoms with van der Waals surface area (Å²) in [6.45, 7) is 2.31. The molecule has 0 N–H and O–H groups in total. The molecule has 0 atom stereocenters. The fraction of sp³-hybridized carbons (Fsp3) is 0.333. The van der Waals surface area contributed by atoms with Crippen LogP contribution in [0.4, 0.5) is 5.82 Å². The topological polar surface area (TPSA) is 110 Å². The van der Waals surface area contributed by atoms with Gasteiger partial charge in [-0.25, -0.2) is 31.1 Å². The number of nitrogens with zero attached hydrogens (tertiary/aromatic N) is 4. The Labute approximate surface area is 216 Å². The van der Waals surface area contributed by atoms with Crippen molar-refractivity contribution in [3.05, 3.63) is 71.5 Å². The van der Waals surface area contributed by atoms with E-state index in [2.05, 4.69) is 9.97 Å². The summed E-state index contributed by atoms with van der Waals surface area (Å²) in [5.41, 5.74) is 1.05. The van der Waals surface area contributed by atoms with E-state index in [9.17, 15) is 16.8 Å². The zero-order valence-corrected chi connectivity index (χ0v) is 22.3. The van der Waals surface area contributed by atoms with Gasteiger partial charge in [0.25, 0.3) is 10.0 Å². The van der Waals surface area contributed by atoms with Crippen LogP contribution in [-0.4, -0.2) is 57.3 Å². The number of aromatic nitrogens is 2. The number of hydrogen-bond donors (Lipinski definition) is 0. The van der Waals surface area contributed by atoms with Gasteiger partial charge in [-0.3, -0.25) is 0 Å². The van der Waals surface area contributed by atoms with Gasteiger partial charge in [0.1, 0.15) is 4.90 Å². The molecule has 0 radical (unpaired) electrons. The first kappa shape index (κ1) is 26.3. The summed E-state index contributed by atoms with van der Waals surface area (Å²) in [6, 6.07) is 12.5. The molecule has 12 heteroatoms. The van der Waals surface area contributed by atoms with Crippen molar-refractivity contribution in [2.75, 3.05) is 24.5 Å². The highest BCUT2D eigenvalue weighted by Gasteiger charge is 2.38. The Morgan fingerprint density at radius 1 is 1.00 bits per heavy atom. The maximum absolute atomic E-state index is 13.8. The minimum Gasteiger partial charge on any atom is -0.480 e. The average molecular weight is 551 g/mol. The summed E-state index contributed by atoms with van der Waals surface area (Å²) in [5, 5.41) is 0.0829. The van der Waals surface area contributed by atoms with E-state index >= 15 is 0 Å². The van der Waals surface area contributed by atoms with E-state index in [-0.39, 0.29) is 52.4 Å². The van der Waals surface area contributed by atoms with Crippen LogP contribution in [-0.2, 0) is 26.5 Å². The number of ether oxygens (including phenoxy) is 1. The lowest BCUT2D eigenvalue weighted by Crippen LogP contribution is -2.49. The molecule has 0 spiro atoms. The molecule has 1 aromatic heterocycles. The van der Waals surface area contributed by atoms with Gasteiger partial charge in [-0.15, -0.1) is 0 Å². The minimum absolute atomic E-state index is 0.0599. The van der Waals surface area contributed by atoms with Gasteiger partial charge in [0, 0.05) is 19.1 Å². The molecular formula is C24H27ClN4O5S2. The number of anilines is 1. The van der Waals surface area contributed by atoms with Crippen molar-refractivity contribution >= 4 is 37.5 Å². The molecule has 4 rings (SSSR count). The maximum atomic E-state index is 13.8. The van der Waals surface area contributed by atoms with Crippen LogP contribution >= 0.6 is 11.6 Å². The molecule has 0 aliphatic carbocycles. The molecule has 192 valence electrons. The van der Waals surface area contributed by atoms with Crippen LogP contribution in [0.3, 0.4) is 0 Å². The van der Waals surface area contributed by atoms with Crippen LogP contribution in [0.25, 0.3) is 0 Å². The van der Waals surface area contributed by atoms with E-state index in [1.807, 2.05) is 6.92 Å². The zero-order valence-electron chi connectivity index (χ0n) is 19.9. The first-order valence-electron chi connectivity index (χ1n) is 11.4. The second-order valence-corrected chi connectivity index (χ2v) is 12.4. The minimum atomic E-state index is -4.13. The van der Waals surface area contributed by atoms with Crippen LogP contribution in [0.5, 0.6) is 5.88 Å². The quantitative estimate of drug-likeness (QED) is 0.420. The first-order chi connectivity index (χ1) is 17.2. The number of sulfonamides is 2. The lowest BCUT2D eigenvalue weighted by atomic mass is 10.1. The highest BCUT2D eigenvalue weighted by atomic mass is 35.5. The number of benzene rings is 2. The van der Waals surface area contributed by atoms with Gasteiger partial charge in [-0.05, 0) is 49.1 Å². The third kappa shape index (κ3) is 5.19. The summed E-state index contributed by atoms with van der Waals surface area (Å²) in [7, 11) is -6.39. The molecule has 2 heterocycles. The van der Waals surface area contributed by atoms with Crippen LogP contribution in [0.1, 0.15) is 25.3 Å². The fourth-order valence-corrected chi connectivity index (χ4v) is 7.78. The summed E-state index contributed by atoms with van der Waals surface area (Å²) in [5.74, 6) is 0.344. The molecule has 0 bridgehead atoms. The molecule has 0 amide bonds. The van der Waals surface area contributed by atoms with Gasteiger partial charge >= 0.3 is 0 Å². The standard InChI is InChI=1S/C24H27ClN4O5S2/c1-3-18-8-10-20(11-9-18)35(30,31)28-14-12-19(13-15-28)29(23-16-27-24(34-2)17-26-23)36(32,33)22-7-5-4-6-21(22)25/h4-11,16-17,19H,3,12-15H2,1-2H3. The van der Waals surface area contributed by atoms with Crippen molar-refractivity contribution in [2.45, 2.75) is 42.0 Å². The molecule has 1 aliphatic rings.